The first kappa shape index (κ1) is 12.4. The number of hydrogen-bond acceptors (Lipinski definition) is 2. The quantitative estimate of drug-likeness (QED) is 0.581. The minimum absolute atomic E-state index is 0.591. The van der Waals surface area contributed by atoms with Crippen molar-refractivity contribution < 1.29 is 4.79 Å². The molecule has 0 amide bonds. The van der Waals surface area contributed by atoms with Gasteiger partial charge in [-0.25, -0.2) is 0 Å². The normalized spacial score (nSPS) is 10.8. The van der Waals surface area contributed by atoms with E-state index in [4.69, 9.17) is 11.6 Å². The molecule has 0 aliphatic carbocycles. The van der Waals surface area contributed by atoms with Gasteiger partial charge in [-0.15, -0.1) is 11.3 Å². The van der Waals surface area contributed by atoms with E-state index >= 15 is 0 Å². The van der Waals surface area contributed by atoms with Crippen LogP contribution in [0.4, 0.5) is 0 Å². The van der Waals surface area contributed by atoms with Crippen molar-refractivity contribution in [2.75, 3.05) is 0 Å². The van der Waals surface area contributed by atoms with E-state index in [-0.39, 0.29) is 0 Å². The first-order chi connectivity index (χ1) is 9.15. The number of fused-ring (bicyclic) bond motifs is 1. The van der Waals surface area contributed by atoms with E-state index < -0.39 is 0 Å². The molecular weight excluding hydrogens is 276 g/mol. The Morgan fingerprint density at radius 2 is 1.95 bits per heavy atom. The molecule has 3 aromatic rings. The lowest BCUT2D eigenvalue weighted by atomic mass is 10.1. The summed E-state index contributed by atoms with van der Waals surface area (Å²) in [6.45, 7) is 2.08. The summed E-state index contributed by atoms with van der Waals surface area (Å²) in [4.78, 5) is 12.0. The molecule has 0 N–H and O–H groups in total. The van der Waals surface area contributed by atoms with E-state index in [1.165, 1.54) is 15.6 Å². The highest BCUT2D eigenvalue weighted by Gasteiger charge is 2.06. The zero-order valence-corrected chi connectivity index (χ0v) is 11.9. The van der Waals surface area contributed by atoms with E-state index in [0.717, 1.165) is 16.7 Å². The van der Waals surface area contributed by atoms with Gasteiger partial charge >= 0.3 is 0 Å². The number of carbonyl (C=O) groups excluding carboxylic acids is 1. The second-order valence-corrected chi connectivity index (χ2v) is 6.06. The third-order valence-corrected chi connectivity index (χ3v) is 4.40. The molecule has 94 valence electrons. The van der Waals surface area contributed by atoms with Crippen LogP contribution in [-0.2, 0) is 0 Å². The number of aryl methyl sites for hydroxylation is 1. The predicted octanol–water partition coefficient (Wildman–Crippen LogP) is 5.34. The van der Waals surface area contributed by atoms with Crippen LogP contribution in [-0.4, -0.2) is 6.29 Å². The number of halogens is 1. The molecule has 0 spiro atoms. The second kappa shape index (κ2) is 4.80. The highest BCUT2D eigenvalue weighted by atomic mass is 35.5. The highest BCUT2D eigenvalue weighted by Crippen LogP contribution is 2.35. The average molecular weight is 287 g/mol. The molecule has 3 heteroatoms. The lowest BCUT2D eigenvalue weighted by Crippen LogP contribution is -1.81. The zero-order chi connectivity index (χ0) is 13.4. The van der Waals surface area contributed by atoms with Gasteiger partial charge in [-0.1, -0.05) is 29.3 Å². The molecule has 0 radical (unpaired) electrons. The van der Waals surface area contributed by atoms with E-state index in [2.05, 4.69) is 31.2 Å². The summed E-state index contributed by atoms with van der Waals surface area (Å²) in [5.74, 6) is 0. The van der Waals surface area contributed by atoms with Crippen LogP contribution >= 0.6 is 22.9 Å². The molecular formula is C16H11ClOS. The molecule has 0 aliphatic heterocycles. The predicted molar refractivity (Wildman–Crippen MR) is 82.4 cm³/mol. The van der Waals surface area contributed by atoms with E-state index in [9.17, 15) is 4.79 Å². The smallest absolute Gasteiger partial charge is 0.150 e. The van der Waals surface area contributed by atoms with Crippen molar-refractivity contribution in [2.24, 2.45) is 0 Å². The van der Waals surface area contributed by atoms with Crippen LogP contribution < -0.4 is 0 Å². The molecule has 0 fully saturated rings. The van der Waals surface area contributed by atoms with Gasteiger partial charge in [0.1, 0.15) is 6.29 Å². The van der Waals surface area contributed by atoms with Crippen LogP contribution in [0.1, 0.15) is 15.9 Å². The van der Waals surface area contributed by atoms with Gasteiger partial charge in [-0.3, -0.25) is 4.79 Å². The van der Waals surface area contributed by atoms with Gasteiger partial charge in [-0.05, 0) is 48.2 Å². The lowest BCUT2D eigenvalue weighted by molar-refractivity contribution is 0.112. The summed E-state index contributed by atoms with van der Waals surface area (Å²) < 4.78 is 1.24. The SMILES string of the molecule is Cc1ccc2sc(-c3cc(Cl)cc(C=O)c3)cc2c1. The first-order valence-corrected chi connectivity index (χ1v) is 7.11. The van der Waals surface area contributed by atoms with E-state index in [0.29, 0.717) is 10.6 Å². The largest absolute Gasteiger partial charge is 0.298 e. The molecule has 1 nitrogen and oxygen atoms in total. The van der Waals surface area contributed by atoms with Crippen LogP contribution in [0.15, 0.2) is 42.5 Å². The molecule has 0 aliphatic rings. The monoisotopic (exact) mass is 286 g/mol. The first-order valence-electron chi connectivity index (χ1n) is 5.92. The summed E-state index contributed by atoms with van der Waals surface area (Å²) in [6, 6.07) is 14.0. The third-order valence-electron chi connectivity index (χ3n) is 3.01. The van der Waals surface area contributed by atoms with Gasteiger partial charge in [-0.2, -0.15) is 0 Å². The van der Waals surface area contributed by atoms with Crippen LogP contribution in [0.2, 0.25) is 5.02 Å². The van der Waals surface area contributed by atoms with Crippen molar-refractivity contribution >= 4 is 39.3 Å². The summed E-state index contributed by atoms with van der Waals surface area (Å²) in [7, 11) is 0. The number of hydrogen-bond donors (Lipinski definition) is 0. The molecule has 2 aromatic carbocycles. The minimum Gasteiger partial charge on any atom is -0.298 e. The third kappa shape index (κ3) is 2.42. The minimum atomic E-state index is 0.591. The Kier molecular flexibility index (Phi) is 3.13. The van der Waals surface area contributed by atoms with Crippen LogP contribution in [0.5, 0.6) is 0 Å². The molecule has 0 bridgehead atoms. The van der Waals surface area contributed by atoms with E-state index in [1.807, 2.05) is 12.1 Å². The van der Waals surface area contributed by atoms with Crippen molar-refractivity contribution in [3.05, 3.63) is 58.6 Å². The summed E-state index contributed by atoms with van der Waals surface area (Å²) in [6.07, 6.45) is 0.826. The number of benzene rings is 2. The fraction of sp³-hybridized carbons (Fsp3) is 0.0625. The zero-order valence-electron chi connectivity index (χ0n) is 10.3. The van der Waals surface area contributed by atoms with Crippen molar-refractivity contribution in [1.29, 1.82) is 0 Å². The van der Waals surface area contributed by atoms with Crippen molar-refractivity contribution in [1.82, 2.24) is 0 Å². The van der Waals surface area contributed by atoms with Gasteiger partial charge in [0.25, 0.3) is 0 Å². The lowest BCUT2D eigenvalue weighted by Gasteiger charge is -2.00. The Balaban J connectivity index is 2.18. The van der Waals surface area contributed by atoms with Crippen LogP contribution in [0.25, 0.3) is 20.5 Å². The van der Waals surface area contributed by atoms with Gasteiger partial charge in [0, 0.05) is 20.2 Å². The van der Waals surface area contributed by atoms with Gasteiger partial charge in [0.15, 0.2) is 0 Å². The molecule has 19 heavy (non-hydrogen) atoms. The fourth-order valence-corrected chi connectivity index (χ4v) is 3.40. The van der Waals surface area contributed by atoms with E-state index in [1.54, 1.807) is 17.4 Å². The van der Waals surface area contributed by atoms with Gasteiger partial charge < -0.3 is 0 Å². The summed E-state index contributed by atoms with van der Waals surface area (Å²) in [5.41, 5.74) is 2.85. The maximum absolute atomic E-state index is 10.9. The standard InChI is InChI=1S/C16H11ClOS/c1-10-2-3-15-12(4-10)8-16(19-15)13-5-11(9-18)6-14(17)7-13/h2-9H,1H3. The maximum atomic E-state index is 10.9. The molecule has 0 atom stereocenters. The number of rotatable bonds is 2. The van der Waals surface area contributed by atoms with Gasteiger partial charge in [0.2, 0.25) is 0 Å². The average Bonchev–Trinajstić information content (AvgIpc) is 2.80. The number of aldehydes is 1. The Labute approximate surface area is 120 Å². The second-order valence-electron chi connectivity index (χ2n) is 4.54. The summed E-state index contributed by atoms with van der Waals surface area (Å²) in [5, 5.41) is 1.82. The van der Waals surface area contributed by atoms with Crippen LogP contribution in [0, 0.1) is 6.92 Å². The maximum Gasteiger partial charge on any atom is 0.150 e. The van der Waals surface area contributed by atoms with Crippen molar-refractivity contribution in [3.8, 4) is 10.4 Å². The van der Waals surface area contributed by atoms with Crippen LogP contribution in [0.3, 0.4) is 0 Å². The molecule has 3 rings (SSSR count). The molecule has 1 aromatic heterocycles. The Morgan fingerprint density at radius 3 is 2.74 bits per heavy atom. The molecule has 1 heterocycles. The molecule has 0 unspecified atom stereocenters. The highest BCUT2D eigenvalue weighted by molar-refractivity contribution is 7.22. The van der Waals surface area contributed by atoms with Crippen molar-refractivity contribution in [3.63, 3.8) is 0 Å². The molecule has 0 saturated carbocycles. The Hall–Kier alpha value is -1.64. The number of carbonyl (C=O) groups is 1. The van der Waals surface area contributed by atoms with Crippen molar-refractivity contribution in [2.45, 2.75) is 6.92 Å². The Bertz CT molecular complexity index is 774. The fourth-order valence-electron chi connectivity index (χ4n) is 2.13. The summed E-state index contributed by atoms with van der Waals surface area (Å²) >= 11 is 7.76. The van der Waals surface area contributed by atoms with Gasteiger partial charge in [0.05, 0.1) is 0 Å². The molecule has 0 saturated heterocycles. The Morgan fingerprint density at radius 1 is 1.11 bits per heavy atom. The topological polar surface area (TPSA) is 17.1 Å². The number of thiophene rings is 1.